The van der Waals surface area contributed by atoms with Gasteiger partial charge in [-0.05, 0) is 81.0 Å². The molecule has 0 aromatic rings. The van der Waals surface area contributed by atoms with E-state index in [0.29, 0.717) is 24.0 Å². The largest absolute Gasteiger partial charge is 0.501 e. The van der Waals surface area contributed by atoms with Gasteiger partial charge in [-0.2, -0.15) is 0 Å². The summed E-state index contributed by atoms with van der Waals surface area (Å²) in [6.45, 7) is 4.53. The zero-order chi connectivity index (χ0) is 17.5. The molecule has 0 aromatic heterocycles. The van der Waals surface area contributed by atoms with Gasteiger partial charge in [0.15, 0.2) is 0 Å². The molecule has 1 heterocycles. The van der Waals surface area contributed by atoms with Gasteiger partial charge in [0.2, 0.25) is 0 Å². The summed E-state index contributed by atoms with van der Waals surface area (Å²) in [6, 6.07) is 0. The maximum Gasteiger partial charge on any atom is 0.334 e. The van der Waals surface area contributed by atoms with Crippen molar-refractivity contribution in [2.75, 3.05) is 19.8 Å². The van der Waals surface area contributed by atoms with Crippen LogP contribution in [-0.4, -0.2) is 30.9 Å². The summed E-state index contributed by atoms with van der Waals surface area (Å²) >= 11 is 0. The minimum absolute atomic E-state index is 0.249. The molecule has 5 fully saturated rings. The van der Waals surface area contributed by atoms with Crippen LogP contribution in [0, 0.1) is 28.6 Å². The third kappa shape index (κ3) is 3.74. The van der Waals surface area contributed by atoms with Gasteiger partial charge in [-0.25, -0.2) is 4.79 Å². The first-order chi connectivity index (χ1) is 12.0. The topological polar surface area (TPSA) is 55.8 Å². The van der Waals surface area contributed by atoms with E-state index in [1.54, 1.807) is 6.26 Å². The molecular weight excluding hydrogens is 316 g/mol. The molecule has 4 aliphatic carbocycles. The Morgan fingerprint density at radius 2 is 1.76 bits per heavy atom. The number of hydrogen-bond acceptors (Lipinski definition) is 3. The molecule has 25 heavy (non-hydrogen) atoms. The van der Waals surface area contributed by atoms with Gasteiger partial charge in [0, 0.05) is 5.41 Å². The van der Waals surface area contributed by atoms with Crippen molar-refractivity contribution >= 4 is 5.97 Å². The molecule has 0 atom stereocenters. The van der Waals surface area contributed by atoms with Crippen LogP contribution < -0.4 is 0 Å². The molecule has 5 rings (SSSR count). The highest BCUT2D eigenvalue weighted by Gasteiger charge is 2.51. The molecule has 0 unspecified atom stereocenters. The molecule has 5 aliphatic rings. The van der Waals surface area contributed by atoms with Crippen LogP contribution in [0.5, 0.6) is 0 Å². The lowest BCUT2D eigenvalue weighted by Gasteiger charge is -2.57. The van der Waals surface area contributed by atoms with Crippen molar-refractivity contribution in [1.29, 1.82) is 0 Å². The standard InChI is InChI=1S/C21H32O4/c1-20(13-25-14-20)3-2-4-24-12-18(19(22)23)11-21-8-15-5-16(9-21)7-17(6-15)10-21/h12,15-17H,2-11,13-14H2,1H3,(H,22,23). The van der Waals surface area contributed by atoms with E-state index in [1.807, 2.05) is 0 Å². The van der Waals surface area contributed by atoms with E-state index in [2.05, 4.69) is 6.92 Å². The number of carboxylic acids is 1. The molecule has 1 aliphatic heterocycles. The lowest BCUT2D eigenvalue weighted by Crippen LogP contribution is -2.46. The van der Waals surface area contributed by atoms with Crippen molar-refractivity contribution in [2.45, 2.75) is 64.7 Å². The van der Waals surface area contributed by atoms with Crippen molar-refractivity contribution in [3.05, 3.63) is 11.8 Å². The highest BCUT2D eigenvalue weighted by molar-refractivity contribution is 5.86. The van der Waals surface area contributed by atoms with Crippen LogP contribution in [0.15, 0.2) is 11.8 Å². The predicted molar refractivity (Wildman–Crippen MR) is 95.1 cm³/mol. The molecule has 140 valence electrons. The normalized spacial score (nSPS) is 38.4. The minimum Gasteiger partial charge on any atom is -0.501 e. The Kier molecular flexibility index (Phi) is 4.59. The lowest BCUT2D eigenvalue weighted by atomic mass is 9.48. The average Bonchev–Trinajstić information content (AvgIpc) is 2.50. The predicted octanol–water partition coefficient (Wildman–Crippen LogP) is 4.39. The fraction of sp³-hybridized carbons (Fsp3) is 0.857. The Balaban J connectivity index is 1.31. The third-order valence-corrected chi connectivity index (χ3v) is 7.17. The second-order valence-corrected chi connectivity index (χ2v) is 9.82. The van der Waals surface area contributed by atoms with Crippen LogP contribution in [0.25, 0.3) is 0 Å². The van der Waals surface area contributed by atoms with Gasteiger partial charge in [0.1, 0.15) is 0 Å². The average molecular weight is 348 g/mol. The Morgan fingerprint density at radius 3 is 2.24 bits per heavy atom. The van der Waals surface area contributed by atoms with Crippen molar-refractivity contribution in [3.8, 4) is 0 Å². The molecule has 4 saturated carbocycles. The van der Waals surface area contributed by atoms with Gasteiger partial charge < -0.3 is 14.6 Å². The first-order valence-corrected chi connectivity index (χ1v) is 10.1. The van der Waals surface area contributed by atoms with E-state index >= 15 is 0 Å². The van der Waals surface area contributed by atoms with Gasteiger partial charge in [-0.3, -0.25) is 0 Å². The molecule has 0 amide bonds. The number of aliphatic carboxylic acids is 1. The van der Waals surface area contributed by atoms with E-state index in [-0.39, 0.29) is 5.41 Å². The Labute approximate surface area is 151 Å². The zero-order valence-electron chi connectivity index (χ0n) is 15.5. The Hall–Kier alpha value is -1.03. The number of rotatable bonds is 8. The molecule has 1 N–H and O–H groups in total. The van der Waals surface area contributed by atoms with Crippen molar-refractivity contribution in [1.82, 2.24) is 0 Å². The SMILES string of the molecule is CC1(CCCOC=C(CC23CC4CC(CC(C4)C2)C3)C(=O)O)COC1. The Morgan fingerprint density at radius 1 is 1.16 bits per heavy atom. The van der Waals surface area contributed by atoms with Gasteiger partial charge >= 0.3 is 5.97 Å². The highest BCUT2D eigenvalue weighted by Crippen LogP contribution is 2.62. The maximum absolute atomic E-state index is 11.7. The second kappa shape index (κ2) is 6.61. The van der Waals surface area contributed by atoms with Crippen LogP contribution in [0.2, 0.25) is 0 Å². The van der Waals surface area contributed by atoms with Crippen LogP contribution in [0.1, 0.15) is 64.7 Å². The summed E-state index contributed by atoms with van der Waals surface area (Å²) in [5.74, 6) is 1.77. The number of hydrogen-bond donors (Lipinski definition) is 1. The summed E-state index contributed by atoms with van der Waals surface area (Å²) in [7, 11) is 0. The number of carboxylic acid groups (broad SMARTS) is 1. The van der Waals surface area contributed by atoms with Gasteiger partial charge in [0.25, 0.3) is 0 Å². The monoisotopic (exact) mass is 348 g/mol. The van der Waals surface area contributed by atoms with Gasteiger partial charge in [0.05, 0.1) is 31.7 Å². The summed E-state index contributed by atoms with van der Waals surface area (Å²) in [6.07, 6.45) is 12.2. The van der Waals surface area contributed by atoms with Gasteiger partial charge in [-0.1, -0.05) is 6.92 Å². The lowest BCUT2D eigenvalue weighted by molar-refractivity contribution is -0.134. The first kappa shape index (κ1) is 17.4. The molecule has 4 bridgehead atoms. The molecule has 4 heteroatoms. The third-order valence-electron chi connectivity index (χ3n) is 7.17. The molecule has 4 nitrogen and oxygen atoms in total. The van der Waals surface area contributed by atoms with Crippen molar-refractivity contribution < 1.29 is 19.4 Å². The fourth-order valence-electron chi connectivity index (χ4n) is 6.41. The highest BCUT2D eigenvalue weighted by atomic mass is 16.5. The maximum atomic E-state index is 11.7. The van der Waals surface area contributed by atoms with Crippen molar-refractivity contribution in [2.24, 2.45) is 28.6 Å². The quantitative estimate of drug-likeness (QED) is 0.401. The van der Waals surface area contributed by atoms with Crippen LogP contribution in [0.4, 0.5) is 0 Å². The molecule has 0 radical (unpaired) electrons. The summed E-state index contributed by atoms with van der Waals surface area (Å²) in [5.41, 5.74) is 1.04. The minimum atomic E-state index is -0.796. The second-order valence-electron chi connectivity index (χ2n) is 9.82. The van der Waals surface area contributed by atoms with Crippen molar-refractivity contribution in [3.63, 3.8) is 0 Å². The van der Waals surface area contributed by atoms with E-state index in [9.17, 15) is 9.90 Å². The first-order valence-electron chi connectivity index (χ1n) is 10.1. The summed E-state index contributed by atoms with van der Waals surface area (Å²) < 4.78 is 10.9. The fourth-order valence-corrected chi connectivity index (χ4v) is 6.41. The van der Waals surface area contributed by atoms with E-state index < -0.39 is 5.97 Å². The summed E-state index contributed by atoms with van der Waals surface area (Å²) in [5, 5.41) is 9.64. The van der Waals surface area contributed by atoms with Crippen LogP contribution in [0.3, 0.4) is 0 Å². The van der Waals surface area contributed by atoms with Gasteiger partial charge in [-0.15, -0.1) is 0 Å². The number of ether oxygens (including phenoxy) is 2. The smallest absolute Gasteiger partial charge is 0.334 e. The zero-order valence-corrected chi connectivity index (χ0v) is 15.5. The van der Waals surface area contributed by atoms with E-state index in [1.165, 1.54) is 38.5 Å². The molecular formula is C21H32O4. The molecule has 0 aromatic carbocycles. The van der Waals surface area contributed by atoms with Crippen LogP contribution in [-0.2, 0) is 14.3 Å². The number of carbonyl (C=O) groups is 1. The molecule has 1 saturated heterocycles. The summed E-state index contributed by atoms with van der Waals surface area (Å²) in [4.78, 5) is 11.7. The molecule has 0 spiro atoms. The van der Waals surface area contributed by atoms with Crippen LogP contribution >= 0.6 is 0 Å². The van der Waals surface area contributed by atoms with E-state index in [4.69, 9.17) is 9.47 Å². The Bertz CT molecular complexity index is 511. The van der Waals surface area contributed by atoms with E-state index in [0.717, 1.165) is 43.8 Å².